The first-order chi connectivity index (χ1) is 13.0. The molecule has 0 radical (unpaired) electrons. The Morgan fingerprint density at radius 2 is 2.00 bits per heavy atom. The number of anilines is 1. The van der Waals surface area contributed by atoms with Crippen LogP contribution >= 0.6 is 11.3 Å². The van der Waals surface area contributed by atoms with Crippen molar-refractivity contribution < 1.29 is 9.59 Å². The number of amides is 2. The fraction of sp³-hybridized carbons (Fsp3) is 0.400. The van der Waals surface area contributed by atoms with Crippen LogP contribution in [0.5, 0.6) is 0 Å². The van der Waals surface area contributed by atoms with Crippen molar-refractivity contribution >= 4 is 28.8 Å². The van der Waals surface area contributed by atoms with Crippen molar-refractivity contribution in [2.75, 3.05) is 39.1 Å². The second-order valence-corrected chi connectivity index (χ2v) is 8.04. The van der Waals surface area contributed by atoms with Crippen molar-refractivity contribution in [3.63, 3.8) is 0 Å². The fourth-order valence-corrected chi connectivity index (χ4v) is 3.97. The Morgan fingerprint density at radius 3 is 2.70 bits per heavy atom. The summed E-state index contributed by atoms with van der Waals surface area (Å²) >= 11 is 1.55. The van der Waals surface area contributed by atoms with Gasteiger partial charge in [-0.05, 0) is 49.2 Å². The van der Waals surface area contributed by atoms with E-state index in [2.05, 4.69) is 45.7 Å². The van der Waals surface area contributed by atoms with E-state index < -0.39 is 11.8 Å². The van der Waals surface area contributed by atoms with Gasteiger partial charge in [-0.25, -0.2) is 0 Å². The van der Waals surface area contributed by atoms with E-state index in [0.717, 1.165) is 23.4 Å². The van der Waals surface area contributed by atoms with E-state index in [1.54, 1.807) is 11.3 Å². The maximum absolute atomic E-state index is 12.1. The van der Waals surface area contributed by atoms with Gasteiger partial charge in [0.25, 0.3) is 0 Å². The molecule has 0 aliphatic carbocycles. The van der Waals surface area contributed by atoms with Gasteiger partial charge in [-0.1, -0.05) is 18.2 Å². The smallest absolute Gasteiger partial charge is 0.309 e. The minimum atomic E-state index is -0.600. The van der Waals surface area contributed by atoms with Gasteiger partial charge in [-0.3, -0.25) is 9.59 Å². The van der Waals surface area contributed by atoms with Crippen LogP contribution in [0.25, 0.3) is 0 Å². The van der Waals surface area contributed by atoms with Crippen molar-refractivity contribution in [3.05, 3.63) is 51.7 Å². The number of likely N-dealkylation sites (N-methyl/N-ethyl adjacent to an activating group) is 2. The fourth-order valence-electron chi connectivity index (χ4n) is 3.32. The summed E-state index contributed by atoms with van der Waals surface area (Å²) < 4.78 is 0. The number of carbonyl (C=O) groups excluding carboxylic acids is 2. The van der Waals surface area contributed by atoms with Crippen LogP contribution in [0.4, 0.5) is 5.69 Å². The number of hydrogen-bond donors (Lipinski definition) is 2. The summed E-state index contributed by atoms with van der Waals surface area (Å²) in [5.41, 5.74) is 3.75. The van der Waals surface area contributed by atoms with Gasteiger partial charge in [0.05, 0.1) is 12.6 Å². The highest BCUT2D eigenvalue weighted by atomic mass is 32.1. The van der Waals surface area contributed by atoms with Crippen LogP contribution in [-0.2, 0) is 22.6 Å². The van der Waals surface area contributed by atoms with Crippen molar-refractivity contribution in [1.82, 2.24) is 15.5 Å². The zero-order valence-corrected chi connectivity index (χ0v) is 16.8. The topological polar surface area (TPSA) is 64.7 Å². The maximum Gasteiger partial charge on any atom is 0.309 e. The summed E-state index contributed by atoms with van der Waals surface area (Å²) in [7, 11) is 6.06. The third-order valence-electron chi connectivity index (χ3n) is 4.90. The highest BCUT2D eigenvalue weighted by Gasteiger charge is 2.22. The molecular formula is C20H26N4O2S. The highest BCUT2D eigenvalue weighted by Crippen LogP contribution is 2.30. The molecule has 1 aromatic carbocycles. The summed E-state index contributed by atoms with van der Waals surface area (Å²) in [6.45, 7) is 1.79. The van der Waals surface area contributed by atoms with Gasteiger partial charge in [0.2, 0.25) is 0 Å². The molecule has 1 atom stereocenters. The first-order valence-electron chi connectivity index (χ1n) is 9.04. The maximum atomic E-state index is 12.1. The van der Waals surface area contributed by atoms with Crippen molar-refractivity contribution in [2.45, 2.75) is 19.0 Å². The largest absolute Gasteiger partial charge is 0.374 e. The zero-order chi connectivity index (χ0) is 19.4. The number of rotatable bonds is 6. The molecule has 0 saturated heterocycles. The van der Waals surface area contributed by atoms with Gasteiger partial charge in [0.15, 0.2) is 0 Å². The third kappa shape index (κ3) is 4.67. The number of hydrogen-bond acceptors (Lipinski definition) is 5. The van der Waals surface area contributed by atoms with Crippen LogP contribution in [0, 0.1) is 0 Å². The minimum absolute atomic E-state index is 0.00949. The van der Waals surface area contributed by atoms with Gasteiger partial charge in [0.1, 0.15) is 0 Å². The number of thiophene rings is 1. The summed E-state index contributed by atoms with van der Waals surface area (Å²) in [5.74, 6) is -1.20. The molecule has 0 spiro atoms. The molecule has 1 aliphatic heterocycles. The Hall–Kier alpha value is -2.38. The molecule has 27 heavy (non-hydrogen) atoms. The standard InChI is InChI=1S/C20H26N4O2S/c1-23(2)18(14-6-7-17-15(11-14)8-9-24(17)3)13-22-20(26)19(25)21-12-16-5-4-10-27-16/h4-7,10-11,18H,8-9,12-13H2,1-3H3,(H,21,25)(H,22,26)/t18-/m1/s1. The molecule has 6 nitrogen and oxygen atoms in total. The van der Waals surface area contributed by atoms with Crippen LogP contribution in [0.3, 0.4) is 0 Å². The second kappa shape index (κ2) is 8.54. The SMILES string of the molecule is CN1CCc2cc([C@@H](CNC(=O)C(=O)NCc3cccs3)N(C)C)ccc21. The number of carbonyl (C=O) groups is 2. The quantitative estimate of drug-likeness (QED) is 0.743. The summed E-state index contributed by atoms with van der Waals surface area (Å²) in [5, 5.41) is 7.37. The summed E-state index contributed by atoms with van der Waals surface area (Å²) in [4.78, 5) is 29.5. The average molecular weight is 387 g/mol. The lowest BCUT2D eigenvalue weighted by atomic mass is 10.0. The highest BCUT2D eigenvalue weighted by molar-refractivity contribution is 7.09. The van der Waals surface area contributed by atoms with Gasteiger partial charge in [-0.2, -0.15) is 0 Å². The normalized spacial score (nSPS) is 14.1. The van der Waals surface area contributed by atoms with E-state index in [9.17, 15) is 9.59 Å². The average Bonchev–Trinajstić information content (AvgIpc) is 3.29. The Balaban J connectivity index is 1.58. The number of nitrogens with one attached hydrogen (secondary N) is 2. The van der Waals surface area contributed by atoms with Gasteiger partial charge < -0.3 is 20.4 Å². The second-order valence-electron chi connectivity index (χ2n) is 7.01. The number of benzene rings is 1. The molecule has 0 fully saturated rings. The van der Waals surface area contributed by atoms with Gasteiger partial charge >= 0.3 is 11.8 Å². The number of fused-ring (bicyclic) bond motifs is 1. The molecule has 1 aromatic heterocycles. The zero-order valence-electron chi connectivity index (χ0n) is 16.0. The first kappa shape index (κ1) is 19.4. The molecule has 0 bridgehead atoms. The molecule has 0 unspecified atom stereocenters. The molecule has 0 saturated carbocycles. The van der Waals surface area contributed by atoms with Crippen LogP contribution < -0.4 is 15.5 Å². The lowest BCUT2D eigenvalue weighted by Gasteiger charge is -2.26. The van der Waals surface area contributed by atoms with E-state index in [1.165, 1.54) is 11.3 Å². The van der Waals surface area contributed by atoms with Crippen LogP contribution in [0.1, 0.15) is 22.0 Å². The van der Waals surface area contributed by atoms with Gasteiger partial charge in [-0.15, -0.1) is 11.3 Å². The lowest BCUT2D eigenvalue weighted by molar-refractivity contribution is -0.139. The van der Waals surface area contributed by atoms with Crippen LogP contribution in [-0.4, -0.2) is 50.9 Å². The molecule has 144 valence electrons. The summed E-state index contributed by atoms with van der Waals surface area (Å²) in [6, 6.07) is 10.3. The Morgan fingerprint density at radius 1 is 1.22 bits per heavy atom. The molecule has 2 heterocycles. The Bertz CT molecular complexity index is 804. The molecule has 1 aliphatic rings. The van der Waals surface area contributed by atoms with E-state index >= 15 is 0 Å². The predicted molar refractivity (Wildman–Crippen MR) is 109 cm³/mol. The molecule has 3 rings (SSSR count). The third-order valence-corrected chi connectivity index (χ3v) is 5.78. The molecular weight excluding hydrogens is 360 g/mol. The van der Waals surface area contributed by atoms with Gasteiger partial charge in [0, 0.05) is 30.7 Å². The Labute approximate surface area is 164 Å². The first-order valence-corrected chi connectivity index (χ1v) is 9.92. The van der Waals surface area contributed by atoms with E-state index in [4.69, 9.17) is 0 Å². The van der Waals surface area contributed by atoms with Crippen molar-refractivity contribution in [2.24, 2.45) is 0 Å². The van der Waals surface area contributed by atoms with E-state index in [1.807, 2.05) is 31.6 Å². The number of nitrogens with zero attached hydrogens (tertiary/aromatic N) is 2. The summed E-state index contributed by atoms with van der Waals surface area (Å²) in [6.07, 6.45) is 1.04. The van der Waals surface area contributed by atoms with E-state index in [0.29, 0.717) is 13.1 Å². The molecule has 7 heteroatoms. The van der Waals surface area contributed by atoms with Crippen molar-refractivity contribution in [1.29, 1.82) is 0 Å². The monoisotopic (exact) mass is 386 g/mol. The predicted octanol–water partition coefficient (Wildman–Crippen LogP) is 1.78. The van der Waals surface area contributed by atoms with Crippen molar-refractivity contribution in [3.8, 4) is 0 Å². The molecule has 2 N–H and O–H groups in total. The van der Waals surface area contributed by atoms with Crippen LogP contribution in [0.2, 0.25) is 0 Å². The Kier molecular flexibility index (Phi) is 6.13. The molecule has 2 aromatic rings. The lowest BCUT2D eigenvalue weighted by Crippen LogP contribution is -2.42. The molecule has 2 amide bonds. The minimum Gasteiger partial charge on any atom is -0.374 e. The van der Waals surface area contributed by atoms with E-state index in [-0.39, 0.29) is 6.04 Å². The van der Waals surface area contributed by atoms with Crippen LogP contribution in [0.15, 0.2) is 35.7 Å².